The molecule has 3 aromatic rings. The highest BCUT2D eigenvalue weighted by molar-refractivity contribution is 8.18. The minimum atomic E-state index is -0.358. The fourth-order valence-electron chi connectivity index (χ4n) is 4.53. The molecule has 0 spiro atoms. The minimum Gasteiger partial charge on any atom is -0.368 e. The van der Waals surface area contributed by atoms with E-state index in [0.29, 0.717) is 4.91 Å². The van der Waals surface area contributed by atoms with Crippen LogP contribution < -0.4 is 10.2 Å². The number of amides is 2. The predicted molar refractivity (Wildman–Crippen MR) is 140 cm³/mol. The molecule has 174 valence electrons. The van der Waals surface area contributed by atoms with E-state index < -0.39 is 0 Å². The van der Waals surface area contributed by atoms with Gasteiger partial charge in [0.15, 0.2) is 0 Å². The summed E-state index contributed by atoms with van der Waals surface area (Å²) < 4.78 is 0. The van der Waals surface area contributed by atoms with Crippen LogP contribution in [0.2, 0.25) is 5.02 Å². The van der Waals surface area contributed by atoms with Crippen LogP contribution in [0.15, 0.2) is 53.7 Å². The van der Waals surface area contributed by atoms with E-state index in [4.69, 9.17) is 11.6 Å². The molecule has 8 heteroatoms. The molecule has 6 nitrogen and oxygen atoms in total. The molecule has 2 fully saturated rings. The zero-order valence-corrected chi connectivity index (χ0v) is 20.5. The number of carbonyl (C=O) groups excluding carboxylic acids is 2. The maximum atomic E-state index is 11.9. The number of imide groups is 1. The Kier molecular flexibility index (Phi) is 6.59. The number of anilines is 1. The summed E-state index contributed by atoms with van der Waals surface area (Å²) in [7, 11) is 0. The number of fused-ring (bicyclic) bond motifs is 1. The van der Waals surface area contributed by atoms with Crippen LogP contribution in [0.5, 0.6) is 0 Å². The number of pyridine rings is 1. The van der Waals surface area contributed by atoms with Crippen molar-refractivity contribution in [3.8, 4) is 11.1 Å². The van der Waals surface area contributed by atoms with Gasteiger partial charge in [-0.05, 0) is 65.5 Å². The average Bonchev–Trinajstić information content (AvgIpc) is 3.15. The highest BCUT2D eigenvalue weighted by atomic mass is 35.5. The van der Waals surface area contributed by atoms with Crippen molar-refractivity contribution in [2.75, 3.05) is 37.6 Å². The summed E-state index contributed by atoms with van der Waals surface area (Å²) in [4.78, 5) is 33.1. The van der Waals surface area contributed by atoms with Crippen LogP contribution in [0.3, 0.4) is 0 Å². The van der Waals surface area contributed by atoms with Crippen LogP contribution in [-0.4, -0.2) is 53.8 Å². The van der Waals surface area contributed by atoms with Crippen molar-refractivity contribution in [1.82, 2.24) is 15.2 Å². The molecule has 2 amide bonds. The number of halogens is 1. The molecule has 2 aliphatic heterocycles. The summed E-state index contributed by atoms with van der Waals surface area (Å²) in [6, 6.07) is 12.1. The molecular formula is C26H25ClN4O2S. The standard InChI is InChI=1S/C26H25ClN4O2S/c1-2-7-30-8-10-31(11-9-30)23-6-5-18(14-22(23)27)21-16-28-15-19-4-3-17(12-20(19)21)13-24-25(32)29-26(33)34-24/h3-6,12-16H,2,7-11H2,1H3,(H,29,32,33). The quantitative estimate of drug-likeness (QED) is 0.480. The molecule has 0 saturated carbocycles. The second kappa shape index (κ2) is 9.78. The van der Waals surface area contributed by atoms with Gasteiger partial charge in [0.05, 0.1) is 15.6 Å². The molecule has 2 aliphatic rings. The number of aromatic nitrogens is 1. The third kappa shape index (κ3) is 4.69. The van der Waals surface area contributed by atoms with Crippen molar-refractivity contribution in [2.45, 2.75) is 13.3 Å². The number of hydrogen-bond donors (Lipinski definition) is 1. The van der Waals surface area contributed by atoms with Gasteiger partial charge in [0.1, 0.15) is 0 Å². The number of hydrogen-bond acceptors (Lipinski definition) is 6. The number of piperazine rings is 1. The maximum absolute atomic E-state index is 11.9. The topological polar surface area (TPSA) is 65.5 Å². The number of benzene rings is 2. The number of thioether (sulfide) groups is 1. The van der Waals surface area contributed by atoms with E-state index in [1.54, 1.807) is 6.08 Å². The van der Waals surface area contributed by atoms with Crippen molar-refractivity contribution >= 4 is 57.0 Å². The SMILES string of the molecule is CCCN1CCN(c2ccc(-c3cncc4ccc(C=C5SC(=O)NC5=O)cc34)cc2Cl)CC1. The minimum absolute atomic E-state index is 0.344. The van der Waals surface area contributed by atoms with E-state index in [2.05, 4.69) is 39.2 Å². The Labute approximate surface area is 208 Å². The van der Waals surface area contributed by atoms with E-state index in [1.165, 1.54) is 6.42 Å². The molecule has 1 aromatic heterocycles. The fraction of sp³-hybridized carbons (Fsp3) is 0.269. The smallest absolute Gasteiger partial charge is 0.290 e. The van der Waals surface area contributed by atoms with Crippen molar-refractivity contribution in [2.24, 2.45) is 0 Å². The van der Waals surface area contributed by atoms with Crippen LogP contribution in [-0.2, 0) is 4.79 Å². The first-order chi connectivity index (χ1) is 16.5. The van der Waals surface area contributed by atoms with Crippen molar-refractivity contribution in [3.05, 3.63) is 64.3 Å². The Balaban J connectivity index is 1.45. The van der Waals surface area contributed by atoms with Gasteiger partial charge in [0, 0.05) is 49.5 Å². The summed E-state index contributed by atoms with van der Waals surface area (Å²) in [6.45, 7) is 7.42. The van der Waals surface area contributed by atoms with Crippen LogP contribution in [0.25, 0.3) is 28.0 Å². The van der Waals surface area contributed by atoms with Gasteiger partial charge in [-0.3, -0.25) is 24.8 Å². The van der Waals surface area contributed by atoms with E-state index >= 15 is 0 Å². The second-order valence-corrected chi connectivity index (χ2v) is 9.94. The fourth-order valence-corrected chi connectivity index (χ4v) is 5.52. The summed E-state index contributed by atoms with van der Waals surface area (Å²) >= 11 is 7.69. The van der Waals surface area contributed by atoms with Crippen LogP contribution in [0.4, 0.5) is 10.5 Å². The second-order valence-electron chi connectivity index (χ2n) is 8.51. The van der Waals surface area contributed by atoms with E-state index in [-0.39, 0.29) is 11.1 Å². The van der Waals surface area contributed by atoms with Crippen LogP contribution in [0, 0.1) is 0 Å². The molecular weight excluding hydrogens is 468 g/mol. The normalized spacial score (nSPS) is 18.2. The maximum Gasteiger partial charge on any atom is 0.290 e. The molecule has 2 saturated heterocycles. The van der Waals surface area contributed by atoms with Gasteiger partial charge < -0.3 is 4.90 Å². The van der Waals surface area contributed by atoms with Gasteiger partial charge in [-0.2, -0.15) is 0 Å². The Hall–Kier alpha value is -2.87. The number of carbonyl (C=O) groups is 2. The van der Waals surface area contributed by atoms with Gasteiger partial charge in [0.2, 0.25) is 0 Å². The molecule has 0 atom stereocenters. The first-order valence-corrected chi connectivity index (χ1v) is 12.6. The van der Waals surface area contributed by atoms with E-state index in [0.717, 1.165) is 82.7 Å². The first-order valence-electron chi connectivity index (χ1n) is 11.4. The van der Waals surface area contributed by atoms with Gasteiger partial charge in [0.25, 0.3) is 11.1 Å². The molecule has 0 bridgehead atoms. The lowest BCUT2D eigenvalue weighted by Gasteiger charge is -2.36. The molecule has 0 unspecified atom stereocenters. The van der Waals surface area contributed by atoms with Gasteiger partial charge in [-0.15, -0.1) is 0 Å². The average molecular weight is 493 g/mol. The predicted octanol–water partition coefficient (Wildman–Crippen LogP) is 5.41. The lowest BCUT2D eigenvalue weighted by Crippen LogP contribution is -2.46. The number of nitrogens with zero attached hydrogens (tertiary/aromatic N) is 3. The zero-order chi connectivity index (χ0) is 23.7. The monoisotopic (exact) mass is 492 g/mol. The van der Waals surface area contributed by atoms with E-state index in [9.17, 15) is 9.59 Å². The Morgan fingerprint density at radius 1 is 1.09 bits per heavy atom. The van der Waals surface area contributed by atoms with Crippen molar-refractivity contribution in [1.29, 1.82) is 0 Å². The Morgan fingerprint density at radius 2 is 1.91 bits per heavy atom. The molecule has 5 rings (SSSR count). The van der Waals surface area contributed by atoms with Gasteiger partial charge in [-0.1, -0.05) is 36.7 Å². The summed E-state index contributed by atoms with van der Waals surface area (Å²) in [5.41, 5.74) is 3.87. The number of rotatable bonds is 5. The third-order valence-electron chi connectivity index (χ3n) is 6.24. The molecule has 3 heterocycles. The highest BCUT2D eigenvalue weighted by Crippen LogP contribution is 2.35. The van der Waals surface area contributed by atoms with Crippen LogP contribution in [0.1, 0.15) is 18.9 Å². The summed E-state index contributed by atoms with van der Waals surface area (Å²) in [6.07, 6.45) is 6.58. The lowest BCUT2D eigenvalue weighted by molar-refractivity contribution is -0.115. The molecule has 0 radical (unpaired) electrons. The lowest BCUT2D eigenvalue weighted by atomic mass is 9.98. The molecule has 2 aromatic carbocycles. The summed E-state index contributed by atoms with van der Waals surface area (Å²) in [5.74, 6) is -0.358. The molecule has 1 N–H and O–H groups in total. The Morgan fingerprint density at radius 3 is 2.62 bits per heavy atom. The molecule has 0 aliphatic carbocycles. The number of nitrogens with one attached hydrogen (secondary N) is 1. The zero-order valence-electron chi connectivity index (χ0n) is 18.9. The Bertz CT molecular complexity index is 1300. The third-order valence-corrected chi connectivity index (χ3v) is 7.35. The van der Waals surface area contributed by atoms with Crippen LogP contribution >= 0.6 is 23.4 Å². The van der Waals surface area contributed by atoms with Gasteiger partial charge in [-0.25, -0.2) is 0 Å². The van der Waals surface area contributed by atoms with E-state index in [1.807, 2.05) is 36.7 Å². The van der Waals surface area contributed by atoms with Gasteiger partial charge >= 0.3 is 0 Å². The first kappa shape index (κ1) is 22.9. The van der Waals surface area contributed by atoms with Crippen molar-refractivity contribution < 1.29 is 9.59 Å². The highest BCUT2D eigenvalue weighted by Gasteiger charge is 2.25. The van der Waals surface area contributed by atoms with Crippen molar-refractivity contribution in [3.63, 3.8) is 0 Å². The molecule has 34 heavy (non-hydrogen) atoms. The largest absolute Gasteiger partial charge is 0.368 e. The summed E-state index contributed by atoms with van der Waals surface area (Å²) in [5, 5.41) is 4.68.